The Labute approximate surface area is 218 Å². The second-order valence-electron chi connectivity index (χ2n) is 7.84. The summed E-state index contributed by atoms with van der Waals surface area (Å²) in [5.74, 6) is -0.385. The number of anilines is 2. The molecular formula is C24H20F3N7O3S. The summed E-state index contributed by atoms with van der Waals surface area (Å²) >= 11 is 0.744. The van der Waals surface area contributed by atoms with Gasteiger partial charge >= 0.3 is 6.18 Å². The number of nitrogens with two attached hydrogens (primary N) is 2. The number of amides is 2. The van der Waals surface area contributed by atoms with Crippen molar-refractivity contribution in [2.75, 3.05) is 10.6 Å². The van der Waals surface area contributed by atoms with Gasteiger partial charge in [0.15, 0.2) is 11.5 Å². The van der Waals surface area contributed by atoms with E-state index in [-0.39, 0.29) is 27.9 Å². The Morgan fingerprint density at radius 1 is 1.05 bits per heavy atom. The van der Waals surface area contributed by atoms with Gasteiger partial charge in [-0.1, -0.05) is 6.07 Å². The maximum absolute atomic E-state index is 12.7. The molecule has 0 radical (unpaired) electrons. The third-order valence-electron chi connectivity index (χ3n) is 5.01. The summed E-state index contributed by atoms with van der Waals surface area (Å²) in [6.07, 6.45) is -3.07. The third kappa shape index (κ3) is 6.22. The smallest absolute Gasteiger partial charge is 0.416 e. The van der Waals surface area contributed by atoms with Crippen LogP contribution in [-0.4, -0.2) is 26.4 Å². The van der Waals surface area contributed by atoms with E-state index >= 15 is 0 Å². The molecule has 0 aliphatic heterocycles. The number of carbonyl (C=O) groups is 2. The first-order chi connectivity index (χ1) is 18.0. The molecule has 38 heavy (non-hydrogen) atoms. The lowest BCUT2D eigenvalue weighted by molar-refractivity contribution is -0.137. The fourth-order valence-electron chi connectivity index (χ4n) is 3.25. The number of alkyl halides is 3. The monoisotopic (exact) mass is 543 g/mol. The molecule has 2 amide bonds. The highest BCUT2D eigenvalue weighted by atomic mass is 32.2. The standard InChI is InChI=1S/C24H20F3N7O3S/c1-13(28)21(38-29)23(36)30-16-3-2-4-17(11-16)37-20-10-9-19-31-18(12-34(19)33-20)32-22(35)14-5-7-15(8-6-14)24(25,26)27/h2-12H,28-29H2,1H3,(H,30,36)(H,32,35)/b21-13-. The van der Waals surface area contributed by atoms with E-state index in [0.29, 0.717) is 17.1 Å². The summed E-state index contributed by atoms with van der Waals surface area (Å²) < 4.78 is 45.4. The van der Waals surface area contributed by atoms with E-state index in [1.165, 1.54) is 10.7 Å². The van der Waals surface area contributed by atoms with Gasteiger partial charge in [-0.25, -0.2) is 9.50 Å². The van der Waals surface area contributed by atoms with Crippen molar-refractivity contribution >= 4 is 40.9 Å². The number of benzene rings is 2. The number of nitrogens with one attached hydrogen (secondary N) is 2. The molecule has 0 spiro atoms. The number of carbonyl (C=O) groups excluding carboxylic acids is 2. The summed E-state index contributed by atoms with van der Waals surface area (Å²) in [6.45, 7) is 1.57. The van der Waals surface area contributed by atoms with Crippen molar-refractivity contribution < 1.29 is 27.5 Å². The van der Waals surface area contributed by atoms with Crippen molar-refractivity contribution in [1.82, 2.24) is 14.6 Å². The number of nitrogens with zero attached hydrogens (tertiary/aromatic N) is 3. The number of ether oxygens (including phenoxy) is 1. The fraction of sp³-hybridized carbons (Fsp3) is 0.0833. The highest BCUT2D eigenvalue weighted by Crippen LogP contribution is 2.29. The Bertz CT molecular complexity index is 1530. The predicted octanol–water partition coefficient (Wildman–Crippen LogP) is 4.53. The van der Waals surface area contributed by atoms with Gasteiger partial charge in [-0.3, -0.25) is 14.7 Å². The number of imidazole rings is 1. The molecule has 0 saturated heterocycles. The Hall–Kier alpha value is -4.56. The highest BCUT2D eigenvalue weighted by molar-refractivity contribution is 8.01. The number of hydrogen-bond donors (Lipinski definition) is 4. The quantitative estimate of drug-likeness (QED) is 0.196. The second-order valence-corrected chi connectivity index (χ2v) is 8.49. The minimum atomic E-state index is -4.49. The van der Waals surface area contributed by atoms with Gasteiger partial charge in [0.2, 0.25) is 5.88 Å². The molecule has 10 nitrogen and oxygen atoms in total. The highest BCUT2D eigenvalue weighted by Gasteiger charge is 2.30. The molecule has 0 aliphatic rings. The van der Waals surface area contributed by atoms with Crippen LogP contribution < -0.4 is 26.2 Å². The minimum absolute atomic E-state index is 0.0355. The van der Waals surface area contributed by atoms with E-state index in [1.807, 2.05) is 0 Å². The van der Waals surface area contributed by atoms with Crippen LogP contribution in [0.15, 0.2) is 77.5 Å². The molecule has 2 heterocycles. The zero-order valence-electron chi connectivity index (χ0n) is 19.6. The zero-order chi connectivity index (χ0) is 27.4. The Kier molecular flexibility index (Phi) is 7.55. The van der Waals surface area contributed by atoms with Crippen molar-refractivity contribution in [3.8, 4) is 11.6 Å². The average molecular weight is 544 g/mol. The molecule has 2 aromatic carbocycles. The summed E-state index contributed by atoms with van der Waals surface area (Å²) in [5.41, 5.74) is 5.97. The van der Waals surface area contributed by atoms with Crippen LogP contribution in [0.25, 0.3) is 5.65 Å². The topological polar surface area (TPSA) is 150 Å². The molecule has 0 fully saturated rings. The minimum Gasteiger partial charge on any atom is -0.438 e. The molecule has 6 N–H and O–H groups in total. The van der Waals surface area contributed by atoms with E-state index in [2.05, 4.69) is 20.7 Å². The summed E-state index contributed by atoms with van der Waals surface area (Å²) in [6, 6.07) is 13.5. The molecule has 0 saturated carbocycles. The number of rotatable bonds is 7. The van der Waals surface area contributed by atoms with Gasteiger partial charge in [-0.05, 0) is 61.3 Å². The first-order valence-corrected chi connectivity index (χ1v) is 11.7. The lowest BCUT2D eigenvalue weighted by atomic mass is 10.1. The fourth-order valence-corrected chi connectivity index (χ4v) is 3.59. The van der Waals surface area contributed by atoms with Crippen molar-refractivity contribution in [3.63, 3.8) is 0 Å². The van der Waals surface area contributed by atoms with Crippen LogP contribution in [0.1, 0.15) is 22.8 Å². The van der Waals surface area contributed by atoms with E-state index in [9.17, 15) is 22.8 Å². The third-order valence-corrected chi connectivity index (χ3v) is 5.75. The largest absolute Gasteiger partial charge is 0.438 e. The van der Waals surface area contributed by atoms with Gasteiger partial charge in [0, 0.05) is 29.1 Å². The van der Waals surface area contributed by atoms with Crippen LogP contribution in [0.4, 0.5) is 24.7 Å². The van der Waals surface area contributed by atoms with Gasteiger partial charge in [-0.2, -0.15) is 13.2 Å². The molecular weight excluding hydrogens is 523 g/mol. The van der Waals surface area contributed by atoms with Gasteiger partial charge in [0.25, 0.3) is 11.8 Å². The van der Waals surface area contributed by atoms with Crippen molar-refractivity contribution in [3.05, 3.63) is 88.6 Å². The van der Waals surface area contributed by atoms with Crippen LogP contribution in [0.5, 0.6) is 11.6 Å². The zero-order valence-corrected chi connectivity index (χ0v) is 20.4. The Morgan fingerprint density at radius 2 is 1.79 bits per heavy atom. The predicted molar refractivity (Wildman–Crippen MR) is 136 cm³/mol. The van der Waals surface area contributed by atoms with Gasteiger partial charge in [0.1, 0.15) is 10.7 Å². The molecule has 14 heteroatoms. The number of halogens is 3. The van der Waals surface area contributed by atoms with Crippen LogP contribution in [0.2, 0.25) is 0 Å². The Morgan fingerprint density at radius 3 is 2.45 bits per heavy atom. The molecule has 4 aromatic rings. The molecule has 0 atom stereocenters. The second kappa shape index (κ2) is 10.8. The number of aromatic nitrogens is 3. The van der Waals surface area contributed by atoms with Crippen LogP contribution in [-0.2, 0) is 11.0 Å². The number of allylic oxidation sites excluding steroid dienone is 1. The summed E-state index contributed by atoms with van der Waals surface area (Å²) in [7, 11) is 0. The first-order valence-electron chi connectivity index (χ1n) is 10.8. The van der Waals surface area contributed by atoms with Crippen LogP contribution >= 0.6 is 11.9 Å². The van der Waals surface area contributed by atoms with Crippen molar-refractivity contribution in [1.29, 1.82) is 0 Å². The maximum Gasteiger partial charge on any atom is 0.416 e. The first kappa shape index (κ1) is 26.5. The molecule has 4 rings (SSSR count). The van der Waals surface area contributed by atoms with E-state index in [1.54, 1.807) is 43.3 Å². The molecule has 0 bridgehead atoms. The number of hydrogen-bond acceptors (Lipinski definition) is 8. The molecule has 196 valence electrons. The number of fused-ring (bicyclic) bond motifs is 1. The summed E-state index contributed by atoms with van der Waals surface area (Å²) in [4.78, 5) is 29.2. The lowest BCUT2D eigenvalue weighted by Crippen LogP contribution is -2.17. The normalized spacial score (nSPS) is 12.1. The van der Waals surface area contributed by atoms with E-state index in [0.717, 1.165) is 36.2 Å². The Balaban J connectivity index is 1.45. The summed E-state index contributed by atoms with van der Waals surface area (Å²) in [5, 5.41) is 15.0. The maximum atomic E-state index is 12.7. The van der Waals surface area contributed by atoms with E-state index < -0.39 is 23.6 Å². The van der Waals surface area contributed by atoms with Gasteiger partial charge < -0.3 is 21.1 Å². The van der Waals surface area contributed by atoms with Crippen LogP contribution in [0.3, 0.4) is 0 Å². The molecule has 2 aromatic heterocycles. The molecule has 0 aliphatic carbocycles. The van der Waals surface area contributed by atoms with Crippen LogP contribution in [0, 0.1) is 0 Å². The molecule has 0 unspecified atom stereocenters. The lowest BCUT2D eigenvalue weighted by Gasteiger charge is -2.10. The van der Waals surface area contributed by atoms with Gasteiger partial charge in [0.05, 0.1) is 11.8 Å². The van der Waals surface area contributed by atoms with Crippen molar-refractivity contribution in [2.45, 2.75) is 13.1 Å². The van der Waals surface area contributed by atoms with E-state index in [4.69, 9.17) is 15.6 Å². The average Bonchev–Trinajstić information content (AvgIpc) is 3.25. The van der Waals surface area contributed by atoms with Gasteiger partial charge in [-0.15, -0.1) is 5.10 Å². The SMILES string of the molecule is C/C(N)=C(/SN)C(=O)Nc1cccc(Oc2ccc3nc(NC(=O)c4ccc(C(F)(F)F)cc4)cn3n2)c1. The van der Waals surface area contributed by atoms with Crippen molar-refractivity contribution in [2.24, 2.45) is 10.9 Å².